The number of nitrogens with one attached hydrogen (secondary N) is 2. The van der Waals surface area contributed by atoms with Crippen LogP contribution in [0.3, 0.4) is 0 Å². The Hall–Kier alpha value is -1.65. The van der Waals surface area contributed by atoms with Gasteiger partial charge in [-0.1, -0.05) is 31.2 Å². The second-order valence-corrected chi connectivity index (χ2v) is 5.71. The first-order chi connectivity index (χ1) is 9.70. The molecule has 4 heteroatoms. The average molecular weight is 288 g/mol. The highest BCUT2D eigenvalue weighted by Crippen LogP contribution is 2.31. The van der Waals surface area contributed by atoms with Crippen LogP contribution in [0.5, 0.6) is 0 Å². The molecule has 20 heavy (non-hydrogen) atoms. The lowest BCUT2D eigenvalue weighted by Gasteiger charge is -2.13. The molecule has 2 rings (SSSR count). The van der Waals surface area contributed by atoms with Gasteiger partial charge in [-0.15, -0.1) is 11.3 Å². The smallest absolute Gasteiger partial charge is 0.238 e. The Morgan fingerprint density at radius 1 is 1.25 bits per heavy atom. The van der Waals surface area contributed by atoms with Crippen LogP contribution in [0.15, 0.2) is 41.8 Å². The van der Waals surface area contributed by atoms with Gasteiger partial charge in [0.15, 0.2) is 0 Å². The Labute approximate surface area is 124 Å². The van der Waals surface area contributed by atoms with E-state index in [9.17, 15) is 4.79 Å². The van der Waals surface area contributed by atoms with Crippen molar-refractivity contribution >= 4 is 22.9 Å². The maximum absolute atomic E-state index is 12.0. The molecule has 0 aliphatic carbocycles. The van der Waals surface area contributed by atoms with Gasteiger partial charge in [-0.2, -0.15) is 0 Å². The SMILES string of the molecule is CCC(C)NCC(=O)Nc1ccccc1-c1cccs1. The van der Waals surface area contributed by atoms with Gasteiger partial charge >= 0.3 is 0 Å². The van der Waals surface area contributed by atoms with Crippen molar-refractivity contribution in [3.63, 3.8) is 0 Å². The van der Waals surface area contributed by atoms with E-state index >= 15 is 0 Å². The van der Waals surface area contributed by atoms with E-state index in [0.717, 1.165) is 22.5 Å². The quantitative estimate of drug-likeness (QED) is 0.850. The number of anilines is 1. The summed E-state index contributed by atoms with van der Waals surface area (Å²) in [6.07, 6.45) is 1.01. The van der Waals surface area contributed by atoms with Crippen molar-refractivity contribution in [2.75, 3.05) is 11.9 Å². The molecule has 2 N–H and O–H groups in total. The largest absolute Gasteiger partial charge is 0.324 e. The fraction of sp³-hybridized carbons (Fsp3) is 0.312. The Balaban J connectivity index is 2.04. The molecule has 106 valence electrons. The zero-order valence-corrected chi connectivity index (χ0v) is 12.7. The van der Waals surface area contributed by atoms with Crippen molar-refractivity contribution in [2.45, 2.75) is 26.3 Å². The maximum Gasteiger partial charge on any atom is 0.238 e. The first-order valence-corrected chi connectivity index (χ1v) is 7.74. The van der Waals surface area contributed by atoms with Crippen molar-refractivity contribution in [2.24, 2.45) is 0 Å². The highest BCUT2D eigenvalue weighted by atomic mass is 32.1. The average Bonchev–Trinajstić information content (AvgIpc) is 2.99. The molecule has 1 aromatic carbocycles. The van der Waals surface area contributed by atoms with Crippen LogP contribution in [-0.4, -0.2) is 18.5 Å². The van der Waals surface area contributed by atoms with Crippen molar-refractivity contribution in [1.82, 2.24) is 5.32 Å². The van der Waals surface area contributed by atoms with Crippen LogP contribution in [0.25, 0.3) is 10.4 Å². The van der Waals surface area contributed by atoms with E-state index in [2.05, 4.69) is 30.5 Å². The summed E-state index contributed by atoms with van der Waals surface area (Å²) in [6.45, 7) is 4.52. The van der Waals surface area contributed by atoms with E-state index in [-0.39, 0.29) is 5.91 Å². The third-order valence-corrected chi connectivity index (χ3v) is 4.11. The summed E-state index contributed by atoms with van der Waals surface area (Å²) in [5.41, 5.74) is 1.94. The third kappa shape index (κ3) is 3.92. The molecule has 1 aromatic heterocycles. The minimum absolute atomic E-state index is 0.00527. The second kappa shape index (κ2) is 7.22. The molecule has 3 nitrogen and oxygen atoms in total. The number of rotatable bonds is 6. The van der Waals surface area contributed by atoms with Gasteiger partial charge in [-0.05, 0) is 30.9 Å². The molecule has 0 aliphatic rings. The molecule has 1 heterocycles. The van der Waals surface area contributed by atoms with Gasteiger partial charge in [0.2, 0.25) is 5.91 Å². The first kappa shape index (κ1) is 14.8. The number of carbonyl (C=O) groups excluding carboxylic acids is 1. The van der Waals surface area contributed by atoms with Crippen LogP contribution < -0.4 is 10.6 Å². The van der Waals surface area contributed by atoms with Crippen molar-refractivity contribution in [3.05, 3.63) is 41.8 Å². The summed E-state index contributed by atoms with van der Waals surface area (Å²) >= 11 is 1.67. The fourth-order valence-electron chi connectivity index (χ4n) is 1.84. The minimum atomic E-state index is -0.00527. The molecule has 0 spiro atoms. The number of hydrogen-bond acceptors (Lipinski definition) is 3. The van der Waals surface area contributed by atoms with Gasteiger partial charge in [0.25, 0.3) is 0 Å². The molecule has 0 fully saturated rings. The molecule has 1 atom stereocenters. The van der Waals surface area contributed by atoms with Gasteiger partial charge in [0.1, 0.15) is 0 Å². The first-order valence-electron chi connectivity index (χ1n) is 6.87. The molecule has 0 saturated carbocycles. The van der Waals surface area contributed by atoms with Crippen LogP contribution >= 0.6 is 11.3 Å². The molecular formula is C16H20N2OS. The second-order valence-electron chi connectivity index (χ2n) is 4.76. The van der Waals surface area contributed by atoms with Gasteiger partial charge in [-0.3, -0.25) is 4.79 Å². The van der Waals surface area contributed by atoms with E-state index in [1.165, 1.54) is 0 Å². The van der Waals surface area contributed by atoms with Gasteiger partial charge in [-0.25, -0.2) is 0 Å². The summed E-state index contributed by atoms with van der Waals surface area (Å²) in [4.78, 5) is 13.1. The van der Waals surface area contributed by atoms with E-state index in [1.807, 2.05) is 35.7 Å². The predicted octanol–water partition coefficient (Wildman–Crippen LogP) is 3.74. The summed E-state index contributed by atoms with van der Waals surface area (Å²) in [6, 6.07) is 12.3. The predicted molar refractivity (Wildman–Crippen MR) is 86.1 cm³/mol. The molecule has 0 bridgehead atoms. The molecule has 0 aliphatic heterocycles. The summed E-state index contributed by atoms with van der Waals surface area (Å²) in [5, 5.41) is 8.22. The Kier molecular flexibility index (Phi) is 5.32. The van der Waals surface area contributed by atoms with Crippen LogP contribution in [0.4, 0.5) is 5.69 Å². The summed E-state index contributed by atoms with van der Waals surface area (Å²) in [5.74, 6) is -0.00527. The van der Waals surface area contributed by atoms with Crippen LogP contribution in [0.2, 0.25) is 0 Å². The van der Waals surface area contributed by atoms with Crippen molar-refractivity contribution in [1.29, 1.82) is 0 Å². The summed E-state index contributed by atoms with van der Waals surface area (Å²) in [7, 11) is 0. The number of carbonyl (C=O) groups is 1. The minimum Gasteiger partial charge on any atom is -0.324 e. The van der Waals surface area contributed by atoms with E-state index in [4.69, 9.17) is 0 Å². The number of para-hydroxylation sites is 1. The maximum atomic E-state index is 12.0. The van der Waals surface area contributed by atoms with Crippen LogP contribution in [-0.2, 0) is 4.79 Å². The molecule has 0 saturated heterocycles. The zero-order valence-electron chi connectivity index (χ0n) is 11.8. The highest BCUT2D eigenvalue weighted by molar-refractivity contribution is 7.13. The topological polar surface area (TPSA) is 41.1 Å². The monoisotopic (exact) mass is 288 g/mol. The number of amides is 1. The lowest BCUT2D eigenvalue weighted by molar-refractivity contribution is -0.115. The third-order valence-electron chi connectivity index (χ3n) is 3.21. The molecular weight excluding hydrogens is 268 g/mol. The Morgan fingerprint density at radius 2 is 2.05 bits per heavy atom. The molecule has 1 unspecified atom stereocenters. The van der Waals surface area contributed by atoms with Crippen molar-refractivity contribution < 1.29 is 4.79 Å². The lowest BCUT2D eigenvalue weighted by Crippen LogP contribution is -2.34. The summed E-state index contributed by atoms with van der Waals surface area (Å²) < 4.78 is 0. The number of thiophene rings is 1. The number of benzene rings is 1. The lowest BCUT2D eigenvalue weighted by atomic mass is 10.1. The molecule has 1 amide bonds. The van der Waals surface area contributed by atoms with E-state index in [0.29, 0.717) is 12.6 Å². The highest BCUT2D eigenvalue weighted by Gasteiger charge is 2.09. The Bertz CT molecular complexity index is 551. The van der Waals surface area contributed by atoms with Crippen molar-refractivity contribution in [3.8, 4) is 10.4 Å². The zero-order chi connectivity index (χ0) is 14.4. The van der Waals surface area contributed by atoms with Gasteiger partial charge in [0.05, 0.1) is 6.54 Å². The Morgan fingerprint density at radius 3 is 2.75 bits per heavy atom. The van der Waals surface area contributed by atoms with Gasteiger partial charge in [0, 0.05) is 22.2 Å². The normalized spacial score (nSPS) is 12.1. The number of hydrogen-bond donors (Lipinski definition) is 2. The van der Waals surface area contributed by atoms with Gasteiger partial charge < -0.3 is 10.6 Å². The standard InChI is InChI=1S/C16H20N2OS/c1-3-12(2)17-11-16(19)18-14-8-5-4-7-13(14)15-9-6-10-20-15/h4-10,12,17H,3,11H2,1-2H3,(H,18,19). The van der Waals surface area contributed by atoms with E-state index in [1.54, 1.807) is 11.3 Å². The van der Waals surface area contributed by atoms with E-state index < -0.39 is 0 Å². The van der Waals surface area contributed by atoms with Crippen LogP contribution in [0, 0.1) is 0 Å². The molecule has 0 radical (unpaired) electrons. The molecule has 2 aromatic rings. The van der Waals surface area contributed by atoms with Crippen LogP contribution in [0.1, 0.15) is 20.3 Å². The fourth-order valence-corrected chi connectivity index (χ4v) is 2.61.